The molecule has 4 rings (SSSR count). The molecule has 8 heteroatoms. The van der Waals surface area contributed by atoms with Crippen LogP contribution in [0.25, 0.3) is 16.7 Å². The summed E-state index contributed by atoms with van der Waals surface area (Å²) in [7, 11) is 1.72. The average Bonchev–Trinajstić information content (AvgIpc) is 3.48. The van der Waals surface area contributed by atoms with Crippen molar-refractivity contribution in [3.8, 4) is 5.82 Å². The normalized spacial score (nSPS) is 17.8. The Balaban J connectivity index is 1.61. The number of hydrogen-bond acceptors (Lipinski definition) is 4. The van der Waals surface area contributed by atoms with Crippen molar-refractivity contribution in [3.05, 3.63) is 60.2 Å². The van der Waals surface area contributed by atoms with Crippen molar-refractivity contribution in [1.82, 2.24) is 25.1 Å². The van der Waals surface area contributed by atoms with Gasteiger partial charge in [-0.05, 0) is 74.7 Å². The van der Waals surface area contributed by atoms with Crippen LogP contribution in [0.2, 0.25) is 0 Å². The van der Waals surface area contributed by atoms with Crippen LogP contribution in [-0.2, 0) is 9.59 Å². The fourth-order valence-electron chi connectivity index (χ4n) is 4.55. The number of carbonyl (C=O) groups is 2. The maximum Gasteiger partial charge on any atom is 0.245 e. The summed E-state index contributed by atoms with van der Waals surface area (Å²) in [6.07, 6.45) is 5.33. The van der Waals surface area contributed by atoms with Crippen LogP contribution < -0.4 is 10.6 Å². The number of amides is 2. The van der Waals surface area contributed by atoms with Crippen molar-refractivity contribution >= 4 is 22.7 Å². The Kier molecular flexibility index (Phi) is 6.97. The second-order valence-corrected chi connectivity index (χ2v) is 9.27. The topological polar surface area (TPSA) is 79.3 Å². The Labute approximate surface area is 199 Å². The first-order chi connectivity index (χ1) is 16.3. The number of carbonyl (C=O) groups excluding carboxylic acids is 2. The molecular formula is C26H32FN5O2. The molecule has 2 amide bonds. The fourth-order valence-corrected chi connectivity index (χ4v) is 4.55. The summed E-state index contributed by atoms with van der Waals surface area (Å²) >= 11 is 0. The van der Waals surface area contributed by atoms with E-state index in [1.54, 1.807) is 26.2 Å². The summed E-state index contributed by atoms with van der Waals surface area (Å²) in [4.78, 5) is 32.4. The van der Waals surface area contributed by atoms with E-state index in [1.807, 2.05) is 47.7 Å². The van der Waals surface area contributed by atoms with E-state index in [1.165, 1.54) is 12.1 Å². The van der Waals surface area contributed by atoms with Crippen LogP contribution in [0.1, 0.15) is 45.2 Å². The van der Waals surface area contributed by atoms with E-state index in [9.17, 15) is 14.0 Å². The molecule has 0 radical (unpaired) electrons. The third-order valence-corrected chi connectivity index (χ3v) is 6.65. The summed E-state index contributed by atoms with van der Waals surface area (Å²) in [6.45, 7) is 6.29. The van der Waals surface area contributed by atoms with E-state index < -0.39 is 6.04 Å². The van der Waals surface area contributed by atoms with Gasteiger partial charge in [-0.1, -0.05) is 13.8 Å². The van der Waals surface area contributed by atoms with E-state index in [0.717, 1.165) is 29.3 Å². The summed E-state index contributed by atoms with van der Waals surface area (Å²) in [6, 6.07) is 9.43. The number of nitrogens with one attached hydrogen (secondary N) is 2. The molecule has 180 valence electrons. The van der Waals surface area contributed by atoms with Crippen LogP contribution in [0.4, 0.5) is 4.39 Å². The number of benzene rings is 1. The molecule has 0 saturated carbocycles. The maximum atomic E-state index is 13.9. The zero-order valence-corrected chi connectivity index (χ0v) is 20.1. The van der Waals surface area contributed by atoms with E-state index in [2.05, 4.69) is 15.6 Å². The van der Waals surface area contributed by atoms with Gasteiger partial charge in [0, 0.05) is 24.3 Å². The lowest BCUT2D eigenvalue weighted by Crippen LogP contribution is -2.54. The zero-order valence-electron chi connectivity index (χ0n) is 20.1. The lowest BCUT2D eigenvalue weighted by molar-refractivity contribution is -0.138. The predicted octanol–water partition coefficient (Wildman–Crippen LogP) is 3.58. The predicted molar refractivity (Wildman–Crippen MR) is 130 cm³/mol. The molecule has 2 unspecified atom stereocenters. The number of fused-ring (bicyclic) bond motifs is 1. The summed E-state index contributed by atoms with van der Waals surface area (Å²) in [5.41, 5.74) is 1.72. The molecule has 0 bridgehead atoms. The Morgan fingerprint density at radius 3 is 2.68 bits per heavy atom. The quantitative estimate of drug-likeness (QED) is 0.559. The summed E-state index contributed by atoms with van der Waals surface area (Å²) < 4.78 is 15.7. The van der Waals surface area contributed by atoms with Crippen LogP contribution in [0, 0.1) is 11.7 Å². The van der Waals surface area contributed by atoms with Gasteiger partial charge in [0.2, 0.25) is 11.8 Å². The van der Waals surface area contributed by atoms with Crippen LogP contribution in [-0.4, -0.2) is 51.9 Å². The third-order valence-electron chi connectivity index (χ3n) is 6.65. The van der Waals surface area contributed by atoms with Gasteiger partial charge in [-0.2, -0.15) is 0 Å². The number of rotatable bonds is 7. The SMILES string of the molecule is CNC(C)C(=O)N[C@H](C(=O)N1CCCC1c1ccnc(-n2ccc3ccc(F)cc32)c1)C(C)C. The fraction of sp³-hybridized carbons (Fsp3) is 0.423. The van der Waals surface area contributed by atoms with E-state index in [0.29, 0.717) is 12.4 Å². The standard InChI is InChI=1S/C26H32FN5O2/c1-16(2)24(30-25(33)17(3)28-4)26(34)32-12-5-6-21(32)19-9-11-29-23(14-19)31-13-10-18-7-8-20(27)15-22(18)31/h7-11,13-17,21,24,28H,5-6,12H2,1-4H3,(H,30,33)/t17?,21?,24-/m0/s1. The molecule has 1 aromatic carbocycles. The van der Waals surface area contributed by atoms with Gasteiger partial charge in [0.15, 0.2) is 0 Å². The number of nitrogens with zero attached hydrogens (tertiary/aromatic N) is 3. The van der Waals surface area contributed by atoms with Crippen molar-refractivity contribution in [3.63, 3.8) is 0 Å². The van der Waals surface area contributed by atoms with Gasteiger partial charge < -0.3 is 20.1 Å². The molecule has 3 heterocycles. The minimum atomic E-state index is -0.596. The lowest BCUT2D eigenvalue weighted by Gasteiger charge is -2.32. The Morgan fingerprint density at radius 1 is 1.15 bits per heavy atom. The molecule has 0 spiro atoms. The number of likely N-dealkylation sites (N-methyl/N-ethyl adjacent to an activating group) is 1. The smallest absolute Gasteiger partial charge is 0.245 e. The van der Waals surface area contributed by atoms with E-state index in [-0.39, 0.29) is 35.6 Å². The molecule has 0 aliphatic carbocycles. The first-order valence-electron chi connectivity index (χ1n) is 11.8. The average molecular weight is 466 g/mol. The monoisotopic (exact) mass is 465 g/mol. The second kappa shape index (κ2) is 9.93. The molecule has 7 nitrogen and oxygen atoms in total. The lowest BCUT2D eigenvalue weighted by atomic mass is 10.00. The minimum absolute atomic E-state index is 0.0455. The maximum absolute atomic E-state index is 13.9. The minimum Gasteiger partial charge on any atom is -0.343 e. The van der Waals surface area contributed by atoms with Crippen molar-refractivity contribution < 1.29 is 14.0 Å². The molecule has 1 aliphatic heterocycles. The zero-order chi connectivity index (χ0) is 24.4. The summed E-state index contributed by atoms with van der Waals surface area (Å²) in [5, 5.41) is 6.78. The first-order valence-corrected chi connectivity index (χ1v) is 11.8. The number of pyridine rings is 1. The van der Waals surface area contributed by atoms with Gasteiger partial charge >= 0.3 is 0 Å². The molecule has 2 aromatic heterocycles. The molecule has 1 fully saturated rings. The van der Waals surface area contributed by atoms with Crippen LogP contribution in [0.3, 0.4) is 0 Å². The van der Waals surface area contributed by atoms with Crippen LogP contribution >= 0.6 is 0 Å². The highest BCUT2D eigenvalue weighted by atomic mass is 19.1. The van der Waals surface area contributed by atoms with E-state index >= 15 is 0 Å². The molecule has 3 aromatic rings. The van der Waals surface area contributed by atoms with Crippen molar-refractivity contribution in [2.45, 2.75) is 51.7 Å². The molecule has 34 heavy (non-hydrogen) atoms. The Bertz CT molecular complexity index is 1190. The van der Waals surface area contributed by atoms with Crippen LogP contribution in [0.15, 0.2) is 48.8 Å². The highest BCUT2D eigenvalue weighted by Gasteiger charge is 2.36. The molecule has 1 saturated heterocycles. The Morgan fingerprint density at radius 2 is 1.94 bits per heavy atom. The van der Waals surface area contributed by atoms with E-state index in [4.69, 9.17) is 0 Å². The van der Waals surface area contributed by atoms with Crippen molar-refractivity contribution in [1.29, 1.82) is 0 Å². The third kappa shape index (κ3) is 4.68. The van der Waals surface area contributed by atoms with Gasteiger partial charge in [0.05, 0.1) is 17.6 Å². The number of likely N-dealkylation sites (tertiary alicyclic amines) is 1. The van der Waals surface area contributed by atoms with Crippen molar-refractivity contribution in [2.75, 3.05) is 13.6 Å². The molecule has 2 N–H and O–H groups in total. The molecular weight excluding hydrogens is 433 g/mol. The highest BCUT2D eigenvalue weighted by molar-refractivity contribution is 5.90. The van der Waals surface area contributed by atoms with Crippen LogP contribution in [0.5, 0.6) is 0 Å². The largest absolute Gasteiger partial charge is 0.343 e. The van der Waals surface area contributed by atoms with Gasteiger partial charge in [-0.25, -0.2) is 9.37 Å². The number of halogens is 1. The number of hydrogen-bond donors (Lipinski definition) is 2. The number of aromatic nitrogens is 2. The second-order valence-electron chi connectivity index (χ2n) is 9.27. The van der Waals surface area contributed by atoms with Gasteiger partial charge in [0.1, 0.15) is 17.7 Å². The van der Waals surface area contributed by atoms with Gasteiger partial charge in [-0.15, -0.1) is 0 Å². The molecule has 3 atom stereocenters. The first kappa shape index (κ1) is 23.9. The Hall–Kier alpha value is -3.26. The van der Waals surface area contributed by atoms with Crippen molar-refractivity contribution in [2.24, 2.45) is 5.92 Å². The molecule has 1 aliphatic rings. The highest BCUT2D eigenvalue weighted by Crippen LogP contribution is 2.34. The van der Waals surface area contributed by atoms with Gasteiger partial charge in [0.25, 0.3) is 0 Å². The summed E-state index contributed by atoms with van der Waals surface area (Å²) in [5.74, 6) is 0.0691. The van der Waals surface area contributed by atoms with Gasteiger partial charge in [-0.3, -0.25) is 9.59 Å².